The monoisotopic (exact) mass is 823 g/mol. The molecular weight excluding hydrogens is 789 g/mol. The van der Waals surface area contributed by atoms with E-state index in [1.807, 2.05) is 50.2 Å². The van der Waals surface area contributed by atoms with Gasteiger partial charge in [-0.3, -0.25) is 0 Å². The molecule has 2 unspecified atom stereocenters. The summed E-state index contributed by atoms with van der Waals surface area (Å²) in [7, 11) is 14.5. The molecule has 2 aliphatic rings. The van der Waals surface area contributed by atoms with Gasteiger partial charge in [-0.2, -0.15) is 0 Å². The summed E-state index contributed by atoms with van der Waals surface area (Å²) in [6.45, 7) is 8.17. The Kier molecular flexibility index (Phi) is 9.80. The molecule has 261 valence electrons. The molecule has 0 saturated carbocycles. The second-order valence-electron chi connectivity index (χ2n) is 14.1. The first-order chi connectivity index (χ1) is 25.0. The molecular formula is C44H37Cl2F2O2SiZr. The molecule has 4 aromatic carbocycles. The van der Waals surface area contributed by atoms with Gasteiger partial charge < -0.3 is 0 Å². The molecule has 0 amide bonds. The first-order valence-corrected chi connectivity index (χ1v) is 30.4. The molecule has 8 rings (SSSR count). The molecule has 0 bridgehead atoms. The van der Waals surface area contributed by atoms with Crippen LogP contribution in [0.25, 0.3) is 45.6 Å². The summed E-state index contributed by atoms with van der Waals surface area (Å²) >= 11 is -2.83. The SMILES string of the molecule is Cc1ccc(C2=Cc3c(ccc(C)c3-c3ccc(F)cc3)C2C[SiH](CC2C(c3ccc(C)o3)=Cc3c2ccc(C)c3-c2ccc(F)cc2)[Zr]([Cl])[Cl])o1. The number of hydrogen-bond donors (Lipinski definition) is 0. The van der Waals surface area contributed by atoms with Crippen LogP contribution in [0.5, 0.6) is 0 Å². The zero-order valence-corrected chi connectivity index (χ0v) is 34.5. The third-order valence-electron chi connectivity index (χ3n) is 10.7. The number of halogens is 4. The van der Waals surface area contributed by atoms with Crippen molar-refractivity contribution in [2.24, 2.45) is 0 Å². The third kappa shape index (κ3) is 6.62. The van der Waals surface area contributed by atoms with Gasteiger partial charge in [0, 0.05) is 0 Å². The summed E-state index contributed by atoms with van der Waals surface area (Å²) in [4.78, 5) is 0. The summed E-state index contributed by atoms with van der Waals surface area (Å²) in [5, 5.41) is 0. The Hall–Kier alpha value is -3.54. The van der Waals surface area contributed by atoms with Crippen LogP contribution in [0, 0.1) is 39.3 Å². The maximum atomic E-state index is 14.0. The van der Waals surface area contributed by atoms with Crippen molar-refractivity contribution < 1.29 is 36.1 Å². The Balaban J connectivity index is 1.22. The topological polar surface area (TPSA) is 26.3 Å². The predicted octanol–water partition coefficient (Wildman–Crippen LogP) is 13.3. The molecule has 8 heteroatoms. The van der Waals surface area contributed by atoms with Gasteiger partial charge in [-0.25, -0.2) is 0 Å². The van der Waals surface area contributed by atoms with Gasteiger partial charge in [0.05, 0.1) is 0 Å². The molecule has 2 atom stereocenters. The number of benzene rings is 4. The van der Waals surface area contributed by atoms with Crippen LogP contribution in [0.15, 0.2) is 106 Å². The van der Waals surface area contributed by atoms with Crippen LogP contribution in [-0.4, -0.2) is 5.92 Å². The first-order valence-electron chi connectivity index (χ1n) is 17.6. The predicted molar refractivity (Wildman–Crippen MR) is 210 cm³/mol. The molecule has 0 N–H and O–H groups in total. The van der Waals surface area contributed by atoms with Crippen molar-refractivity contribution >= 4 is 46.2 Å². The molecule has 0 aliphatic heterocycles. The average Bonchev–Trinajstić information content (AvgIpc) is 3.91. The third-order valence-corrected chi connectivity index (χ3v) is 32.4. The second kappa shape index (κ2) is 14.4. The fourth-order valence-corrected chi connectivity index (χ4v) is 23.4. The normalized spacial score (nSPS) is 16.8. The average molecular weight is 826 g/mol. The van der Waals surface area contributed by atoms with Crippen LogP contribution < -0.4 is 0 Å². The number of furan rings is 2. The van der Waals surface area contributed by atoms with Crippen LogP contribution in [0.1, 0.15) is 68.3 Å². The van der Waals surface area contributed by atoms with Gasteiger partial charge in [0.25, 0.3) is 0 Å². The molecule has 2 aromatic heterocycles. The summed E-state index contributed by atoms with van der Waals surface area (Å²) in [5.41, 5.74) is 13.5. The van der Waals surface area contributed by atoms with E-state index in [1.54, 1.807) is 0 Å². The summed E-state index contributed by atoms with van der Waals surface area (Å²) < 4.78 is 40.6. The molecule has 0 saturated heterocycles. The Bertz CT molecular complexity index is 2210. The first kappa shape index (κ1) is 35.5. The van der Waals surface area contributed by atoms with Crippen LogP contribution in [-0.2, 0) is 18.5 Å². The minimum absolute atomic E-state index is 0.0667. The van der Waals surface area contributed by atoms with Crippen molar-refractivity contribution in [1.29, 1.82) is 0 Å². The van der Waals surface area contributed by atoms with Gasteiger partial charge in [-0.15, -0.1) is 0 Å². The minimum atomic E-state index is -2.83. The molecule has 2 nitrogen and oxygen atoms in total. The number of rotatable bonds is 9. The fourth-order valence-electron chi connectivity index (χ4n) is 8.27. The zero-order valence-electron chi connectivity index (χ0n) is 29.4. The van der Waals surface area contributed by atoms with Gasteiger partial charge in [0.2, 0.25) is 0 Å². The van der Waals surface area contributed by atoms with E-state index >= 15 is 0 Å². The van der Waals surface area contributed by atoms with Gasteiger partial charge in [-0.1, -0.05) is 0 Å². The maximum absolute atomic E-state index is 14.0. The standard InChI is InChI=1S/C44H37F2O2Si.2ClH.Zr/c1-25-5-17-33-37(43(25)29-9-13-31(45)14-10-29)21-35(41-19-7-27(3)47-41)39(33)23-49-24-40-34-18-6-26(2)44(30-11-15-32(46)16-12-30)38(34)22-36(40)42-20-8-28(4)48-42;;;/h5-22,39-40,49H,23-24H2,1-4H3;2*1H;/q;;;+2/p-2. The quantitative estimate of drug-likeness (QED) is 0.136. The number of fused-ring (bicyclic) bond motifs is 2. The van der Waals surface area contributed by atoms with Gasteiger partial charge >= 0.3 is 321 Å². The zero-order chi connectivity index (χ0) is 36.3. The Morgan fingerprint density at radius 1 is 0.558 bits per heavy atom. The van der Waals surface area contributed by atoms with Crippen LogP contribution >= 0.6 is 17.0 Å². The van der Waals surface area contributed by atoms with E-state index in [9.17, 15) is 8.78 Å². The second-order valence-corrected chi connectivity index (χ2v) is 37.6. The van der Waals surface area contributed by atoms with E-state index in [-0.39, 0.29) is 23.5 Å². The molecule has 0 radical (unpaired) electrons. The summed E-state index contributed by atoms with van der Waals surface area (Å²) in [6.07, 6.45) is 4.56. The van der Waals surface area contributed by atoms with E-state index in [0.717, 1.165) is 90.8 Å². The van der Waals surface area contributed by atoms with Gasteiger partial charge in [0.1, 0.15) is 0 Å². The molecule has 6 aromatic rings. The van der Waals surface area contributed by atoms with Crippen LogP contribution in [0.4, 0.5) is 8.78 Å². The van der Waals surface area contributed by atoms with E-state index in [2.05, 4.69) is 62.4 Å². The Labute approximate surface area is 319 Å². The van der Waals surface area contributed by atoms with Crippen molar-refractivity contribution in [2.45, 2.75) is 51.6 Å². The van der Waals surface area contributed by atoms with Crippen molar-refractivity contribution in [1.82, 2.24) is 0 Å². The summed E-state index contributed by atoms with van der Waals surface area (Å²) in [6, 6.07) is 32.4. The van der Waals surface area contributed by atoms with Crippen LogP contribution in [0.2, 0.25) is 12.1 Å². The fraction of sp³-hybridized carbons (Fsp3) is 0.182. The Morgan fingerprint density at radius 2 is 0.962 bits per heavy atom. The van der Waals surface area contributed by atoms with E-state index in [4.69, 9.17) is 25.9 Å². The molecule has 52 heavy (non-hydrogen) atoms. The van der Waals surface area contributed by atoms with Crippen molar-refractivity contribution in [3.8, 4) is 22.3 Å². The molecule has 2 aliphatic carbocycles. The number of allylic oxidation sites excluding steroid dienone is 2. The van der Waals surface area contributed by atoms with E-state index in [1.165, 1.54) is 35.4 Å². The molecule has 2 heterocycles. The van der Waals surface area contributed by atoms with E-state index < -0.39 is 24.4 Å². The number of hydrogen-bond acceptors (Lipinski definition) is 2. The Morgan fingerprint density at radius 3 is 1.31 bits per heavy atom. The van der Waals surface area contributed by atoms with Crippen molar-refractivity contribution in [3.63, 3.8) is 0 Å². The molecule has 0 spiro atoms. The summed E-state index contributed by atoms with van der Waals surface area (Å²) in [5.74, 6) is 1.28. The van der Waals surface area contributed by atoms with Gasteiger partial charge in [0.15, 0.2) is 0 Å². The van der Waals surface area contributed by atoms with Gasteiger partial charge in [-0.05, 0) is 0 Å². The van der Waals surface area contributed by atoms with E-state index in [0.29, 0.717) is 0 Å². The van der Waals surface area contributed by atoms with Crippen molar-refractivity contribution in [3.05, 3.63) is 165 Å². The molecule has 0 fully saturated rings. The van der Waals surface area contributed by atoms with Crippen LogP contribution in [0.3, 0.4) is 0 Å². The number of aryl methyl sites for hydroxylation is 4. The van der Waals surface area contributed by atoms with Crippen molar-refractivity contribution in [2.75, 3.05) is 0 Å².